The molecule has 1 saturated heterocycles. The SMILES string of the molecule is CCCC[C@]1(CC)CS(=O)(=O)c2ccc([N+](C)(C)O)cc2[C@@H](c2cccc(NC(=O)N[C@@H]3O[C@H](CS(=O)(=O)[O-])[C@@H](F)[C@H](OC(=O)c4ccccc4)[C@H]3OC(=O)c3ccccc3)c2)[C@H]1O.[NH4+]. The summed E-state index contributed by atoms with van der Waals surface area (Å²) in [6.07, 6.45) is -9.81. The zero-order chi connectivity index (χ0) is 46.6. The molecule has 0 bridgehead atoms. The molecular formula is C45H56FN4O13S2+. The summed E-state index contributed by atoms with van der Waals surface area (Å²) in [6.45, 7) is 3.80. The van der Waals surface area contributed by atoms with Gasteiger partial charge in [0.05, 0.1) is 43.8 Å². The maximum Gasteiger partial charge on any atom is 0.338 e. The molecule has 20 heteroatoms. The quantitative estimate of drug-likeness (QED) is 0.0416. The van der Waals surface area contributed by atoms with Gasteiger partial charge in [-0.1, -0.05) is 75.2 Å². The van der Waals surface area contributed by atoms with E-state index in [1.807, 2.05) is 13.8 Å². The van der Waals surface area contributed by atoms with Gasteiger partial charge in [-0.15, -0.1) is 0 Å². The molecule has 65 heavy (non-hydrogen) atoms. The summed E-state index contributed by atoms with van der Waals surface area (Å²) in [5.41, 5.74) is -0.0516. The highest BCUT2D eigenvalue weighted by Crippen LogP contribution is 2.50. The second-order valence-electron chi connectivity index (χ2n) is 16.6. The van der Waals surface area contributed by atoms with Gasteiger partial charge in [0, 0.05) is 29.2 Å². The average molecular weight is 944 g/mol. The number of amides is 2. The number of sulfone groups is 1. The van der Waals surface area contributed by atoms with Crippen LogP contribution in [0.1, 0.15) is 77.3 Å². The Labute approximate surface area is 377 Å². The van der Waals surface area contributed by atoms with E-state index in [1.165, 1.54) is 86.9 Å². The van der Waals surface area contributed by atoms with E-state index in [9.17, 15) is 46.1 Å². The zero-order valence-corrected chi connectivity index (χ0v) is 38.3. The summed E-state index contributed by atoms with van der Waals surface area (Å²) >= 11 is 0. The minimum atomic E-state index is -5.19. The Morgan fingerprint density at radius 1 is 0.908 bits per heavy atom. The van der Waals surface area contributed by atoms with Gasteiger partial charge in [-0.25, -0.2) is 40.8 Å². The normalized spacial score (nSPS) is 25.1. The topological polar surface area (TPSA) is 271 Å². The van der Waals surface area contributed by atoms with Crippen LogP contribution in [0.2, 0.25) is 0 Å². The van der Waals surface area contributed by atoms with E-state index in [2.05, 4.69) is 10.6 Å². The third-order valence-electron chi connectivity index (χ3n) is 11.7. The number of benzene rings is 4. The zero-order valence-electron chi connectivity index (χ0n) is 36.6. The molecule has 17 nitrogen and oxygen atoms in total. The number of quaternary nitrogens is 2. The molecule has 4 aromatic carbocycles. The third-order valence-corrected chi connectivity index (χ3v) is 14.4. The molecule has 1 fully saturated rings. The largest absolute Gasteiger partial charge is 0.748 e. The molecule has 0 aromatic heterocycles. The number of hydroxylamine groups is 2. The maximum absolute atomic E-state index is 16.4. The van der Waals surface area contributed by atoms with Crippen molar-refractivity contribution in [2.45, 2.75) is 87.2 Å². The number of hydrogen-bond donors (Lipinski definition) is 5. The van der Waals surface area contributed by atoms with E-state index in [4.69, 9.17) is 14.2 Å². The van der Waals surface area contributed by atoms with Crippen LogP contribution in [0.25, 0.3) is 0 Å². The van der Waals surface area contributed by atoms with Crippen LogP contribution in [-0.4, -0.2) is 112 Å². The van der Waals surface area contributed by atoms with E-state index in [1.54, 1.807) is 30.3 Å². The molecule has 0 aliphatic carbocycles. The van der Waals surface area contributed by atoms with Crippen LogP contribution in [-0.2, 0) is 34.2 Å². The van der Waals surface area contributed by atoms with Gasteiger partial charge in [0.1, 0.15) is 20.2 Å². The number of carbonyl (C=O) groups excluding carboxylic acids is 3. The highest BCUT2D eigenvalue weighted by molar-refractivity contribution is 7.91. The Balaban J connectivity index is 0.00000793. The predicted molar refractivity (Wildman–Crippen MR) is 238 cm³/mol. The number of alkyl halides is 1. The monoisotopic (exact) mass is 943 g/mol. The predicted octanol–water partition coefficient (Wildman–Crippen LogP) is 6.07. The minimum Gasteiger partial charge on any atom is -0.748 e. The molecule has 0 radical (unpaired) electrons. The molecule has 0 unspecified atom stereocenters. The molecule has 8 atom stereocenters. The van der Waals surface area contributed by atoms with Crippen LogP contribution in [0, 0.1) is 5.41 Å². The number of carbonyl (C=O) groups is 3. The van der Waals surface area contributed by atoms with Gasteiger partial charge in [-0.2, -0.15) is 4.65 Å². The first kappa shape index (κ1) is 50.7. The average Bonchev–Trinajstić information content (AvgIpc) is 3.31. The van der Waals surface area contributed by atoms with Crippen molar-refractivity contribution in [2.75, 3.05) is 30.9 Å². The number of urea groups is 1. The second kappa shape index (κ2) is 20.5. The molecule has 2 amide bonds. The van der Waals surface area contributed by atoms with Crippen LogP contribution in [0.3, 0.4) is 0 Å². The molecule has 2 heterocycles. The van der Waals surface area contributed by atoms with Crippen LogP contribution in [0.5, 0.6) is 0 Å². The molecule has 8 N–H and O–H groups in total. The van der Waals surface area contributed by atoms with Crippen molar-refractivity contribution >= 4 is 49.3 Å². The fraction of sp³-hybridized carbons (Fsp3) is 0.400. The highest BCUT2D eigenvalue weighted by atomic mass is 32.2. The lowest BCUT2D eigenvalue weighted by molar-refractivity contribution is -0.203. The maximum atomic E-state index is 16.4. The van der Waals surface area contributed by atoms with Gasteiger partial charge < -0.3 is 40.7 Å². The number of fused-ring (bicyclic) bond motifs is 1. The Hall–Kier alpha value is -5.32. The van der Waals surface area contributed by atoms with Gasteiger partial charge in [-0.05, 0) is 66.4 Å². The van der Waals surface area contributed by atoms with E-state index >= 15 is 4.39 Å². The lowest BCUT2D eigenvalue weighted by Gasteiger charge is -2.42. The summed E-state index contributed by atoms with van der Waals surface area (Å²) in [5, 5.41) is 28.4. The van der Waals surface area contributed by atoms with Gasteiger partial charge >= 0.3 is 18.0 Å². The third kappa shape index (κ3) is 11.7. The molecule has 0 saturated carbocycles. The van der Waals surface area contributed by atoms with Crippen molar-refractivity contribution in [2.24, 2.45) is 5.41 Å². The van der Waals surface area contributed by atoms with Gasteiger partial charge in [0.15, 0.2) is 40.1 Å². The van der Waals surface area contributed by atoms with Crippen LogP contribution in [0.15, 0.2) is 108 Å². The minimum absolute atomic E-state index is 0. The van der Waals surface area contributed by atoms with Crippen LogP contribution < -0.4 is 21.4 Å². The fourth-order valence-corrected chi connectivity index (χ4v) is 11.2. The molecule has 4 aromatic rings. The fourth-order valence-electron chi connectivity index (χ4n) is 8.32. The Kier molecular flexibility index (Phi) is 16.0. The second-order valence-corrected chi connectivity index (χ2v) is 20.0. The Bertz CT molecular complexity index is 2550. The smallest absolute Gasteiger partial charge is 0.338 e. The summed E-state index contributed by atoms with van der Waals surface area (Å²) < 4.78 is 96.7. The van der Waals surface area contributed by atoms with Crippen LogP contribution in [0.4, 0.5) is 20.6 Å². The van der Waals surface area contributed by atoms with Crippen molar-refractivity contribution in [1.29, 1.82) is 0 Å². The summed E-state index contributed by atoms with van der Waals surface area (Å²) in [7, 11) is -6.18. The number of esters is 2. The van der Waals surface area contributed by atoms with E-state index in [0.717, 1.165) is 6.42 Å². The van der Waals surface area contributed by atoms with Crippen molar-refractivity contribution in [3.63, 3.8) is 0 Å². The summed E-state index contributed by atoms with van der Waals surface area (Å²) in [5.74, 6) is -4.90. The first-order chi connectivity index (χ1) is 30.2. The number of nitrogens with one attached hydrogen (secondary N) is 2. The number of unbranched alkanes of at least 4 members (excludes halogenated alkanes) is 1. The van der Waals surface area contributed by atoms with Crippen molar-refractivity contribution in [1.82, 2.24) is 16.1 Å². The van der Waals surface area contributed by atoms with E-state index < -0.39 is 96.5 Å². The molecular weight excluding hydrogens is 888 g/mol. The van der Waals surface area contributed by atoms with Crippen molar-refractivity contribution in [3.05, 3.63) is 125 Å². The van der Waals surface area contributed by atoms with E-state index in [-0.39, 0.29) is 39.2 Å². The number of aliphatic hydroxyl groups is 1. The number of hydrogen-bond acceptors (Lipinski definition) is 13. The molecule has 6 rings (SSSR count). The molecule has 2 aliphatic rings. The van der Waals surface area contributed by atoms with Crippen molar-refractivity contribution in [3.8, 4) is 0 Å². The number of halogens is 1. The van der Waals surface area contributed by atoms with Gasteiger partial charge in [-0.3, -0.25) is 0 Å². The lowest BCUT2D eigenvalue weighted by atomic mass is 9.69. The number of anilines is 1. The van der Waals surface area contributed by atoms with Gasteiger partial charge in [0.2, 0.25) is 0 Å². The van der Waals surface area contributed by atoms with Crippen LogP contribution >= 0.6 is 0 Å². The number of aliphatic hydroxyl groups excluding tert-OH is 1. The number of rotatable bonds is 14. The summed E-state index contributed by atoms with van der Waals surface area (Å²) in [6, 6.07) is 24.4. The highest BCUT2D eigenvalue weighted by Gasteiger charge is 2.53. The first-order valence-electron chi connectivity index (χ1n) is 20.7. The first-order valence-corrected chi connectivity index (χ1v) is 23.9. The molecule has 352 valence electrons. The Morgan fingerprint density at radius 2 is 1.51 bits per heavy atom. The summed E-state index contributed by atoms with van der Waals surface area (Å²) in [4.78, 5) is 40.7. The standard InChI is InChI=1S/C45H52FN3O13S2.H3N/c1-5-7-23-45(6-2)27-63(55,56)35-22-21-32(49(3,4)54)25-33(35)36(40(45)50)30-19-14-20-31(24-30)47-44(53)48-41-39(62-43(52)29-17-12-9-13-18-29)38(37(46)34(60-41)26-64(57,58)59)61-42(51)28-15-10-8-11-16-28;/h8-22,24-25,34,36-41,50,54H,5-7,23,26-27H2,1-4H3,(H2-,47,48,53,57,58,59);1H3/p+1/t34-,36-,37-,38+,39-,40-,41-,45-;/m1./s1. The Morgan fingerprint density at radius 3 is 2.06 bits per heavy atom. The van der Waals surface area contributed by atoms with Crippen molar-refractivity contribution < 1.29 is 64.7 Å². The van der Waals surface area contributed by atoms with Gasteiger partial charge in [0.25, 0.3) is 0 Å². The molecule has 2 aliphatic heterocycles. The molecule has 0 spiro atoms. The van der Waals surface area contributed by atoms with E-state index in [0.29, 0.717) is 30.5 Å². The number of nitrogens with zero attached hydrogens (tertiary/aromatic N) is 1. The number of ether oxygens (including phenoxy) is 3. The lowest BCUT2D eigenvalue weighted by Crippen LogP contribution is -2.65.